The van der Waals surface area contributed by atoms with Crippen LogP contribution in [0.4, 0.5) is 10.1 Å². The second kappa shape index (κ2) is 11.2. The van der Waals surface area contributed by atoms with Gasteiger partial charge in [0.25, 0.3) is 0 Å². The number of aliphatic hydroxyl groups excluding tert-OH is 1. The third kappa shape index (κ3) is 6.40. The summed E-state index contributed by atoms with van der Waals surface area (Å²) in [5, 5.41) is 10.5. The van der Waals surface area contributed by atoms with Gasteiger partial charge >= 0.3 is 0 Å². The number of hydrogen-bond donors (Lipinski definition) is 2. The van der Waals surface area contributed by atoms with E-state index in [1.165, 1.54) is 17.7 Å². The summed E-state index contributed by atoms with van der Waals surface area (Å²) in [5.74, 6) is 2.66. The molecule has 0 saturated carbocycles. The van der Waals surface area contributed by atoms with Crippen molar-refractivity contribution >= 4 is 5.69 Å². The fraction of sp³-hybridized carbons (Fsp3) is 0.333. The van der Waals surface area contributed by atoms with E-state index in [2.05, 4.69) is 17.0 Å². The van der Waals surface area contributed by atoms with Crippen LogP contribution < -0.4 is 19.9 Å². The lowest BCUT2D eigenvalue weighted by Crippen LogP contribution is -2.40. The van der Waals surface area contributed by atoms with Crippen LogP contribution >= 0.6 is 0 Å². The van der Waals surface area contributed by atoms with Crippen LogP contribution in [0.5, 0.6) is 23.0 Å². The number of piperidine rings is 1. The lowest BCUT2D eigenvalue weighted by molar-refractivity contribution is 0.0586. The van der Waals surface area contributed by atoms with E-state index >= 15 is 0 Å². The molecule has 0 spiro atoms. The van der Waals surface area contributed by atoms with Crippen LogP contribution in [0, 0.1) is 5.82 Å². The van der Waals surface area contributed by atoms with Crippen molar-refractivity contribution in [3.63, 3.8) is 0 Å². The molecule has 0 radical (unpaired) electrons. The molecule has 1 aliphatic rings. The Bertz CT molecular complexity index is 1050. The summed E-state index contributed by atoms with van der Waals surface area (Å²) in [6.07, 6.45) is 1.44. The van der Waals surface area contributed by atoms with Crippen molar-refractivity contribution in [1.29, 1.82) is 0 Å². The number of nitrogens with zero attached hydrogens (tertiary/aromatic N) is 1. The molecule has 7 heteroatoms. The van der Waals surface area contributed by atoms with Crippen LogP contribution in [0.15, 0.2) is 66.7 Å². The molecule has 1 fully saturated rings. The number of ether oxygens (including phenoxy) is 3. The number of rotatable bonds is 9. The van der Waals surface area contributed by atoms with Crippen molar-refractivity contribution in [1.82, 2.24) is 4.90 Å². The van der Waals surface area contributed by atoms with Gasteiger partial charge in [-0.1, -0.05) is 12.1 Å². The molecule has 3 aromatic rings. The Morgan fingerprint density at radius 3 is 2.26 bits per heavy atom. The minimum Gasteiger partial charge on any atom is -0.493 e. The largest absolute Gasteiger partial charge is 0.493 e. The highest BCUT2D eigenvalue weighted by molar-refractivity contribution is 5.51. The Balaban J connectivity index is 1.22. The molecule has 4 rings (SSSR count). The zero-order valence-electron chi connectivity index (χ0n) is 19.3. The number of nitrogen functional groups attached to an aromatic ring is 1. The maximum atomic E-state index is 13.0. The lowest BCUT2D eigenvalue weighted by Gasteiger charge is -2.33. The maximum Gasteiger partial charge on any atom is 0.163 e. The SMILES string of the molecule is COc1ccc(N)cc1OC[C@@H](O)CN1CCC(c2ccc(Oc3ccc(F)cc3)cc2)CC1. The number of methoxy groups -OCH3 is 1. The topological polar surface area (TPSA) is 77.2 Å². The highest BCUT2D eigenvalue weighted by Crippen LogP contribution is 2.31. The smallest absolute Gasteiger partial charge is 0.163 e. The van der Waals surface area contributed by atoms with Crippen LogP contribution in [0.25, 0.3) is 0 Å². The molecule has 0 aliphatic carbocycles. The monoisotopic (exact) mass is 466 g/mol. The van der Waals surface area contributed by atoms with Gasteiger partial charge in [-0.2, -0.15) is 0 Å². The first kappa shape index (κ1) is 23.9. The molecule has 0 aromatic heterocycles. The summed E-state index contributed by atoms with van der Waals surface area (Å²) in [6, 6.07) is 19.3. The van der Waals surface area contributed by atoms with E-state index in [1.54, 1.807) is 37.4 Å². The Labute approximate surface area is 199 Å². The summed E-state index contributed by atoms with van der Waals surface area (Å²) in [5.41, 5.74) is 7.69. The zero-order chi connectivity index (χ0) is 23.9. The molecule has 0 bridgehead atoms. The van der Waals surface area contributed by atoms with Crippen molar-refractivity contribution in [2.24, 2.45) is 0 Å². The van der Waals surface area contributed by atoms with Gasteiger partial charge in [0.15, 0.2) is 11.5 Å². The van der Waals surface area contributed by atoms with E-state index in [0.717, 1.165) is 31.7 Å². The van der Waals surface area contributed by atoms with E-state index in [1.807, 2.05) is 12.1 Å². The maximum absolute atomic E-state index is 13.0. The fourth-order valence-electron chi connectivity index (χ4n) is 4.24. The fourth-order valence-corrected chi connectivity index (χ4v) is 4.24. The van der Waals surface area contributed by atoms with Crippen molar-refractivity contribution in [3.05, 3.63) is 78.1 Å². The first-order chi connectivity index (χ1) is 16.5. The van der Waals surface area contributed by atoms with Crippen LogP contribution in [0.1, 0.15) is 24.3 Å². The second-order valence-corrected chi connectivity index (χ2v) is 8.58. The van der Waals surface area contributed by atoms with E-state index in [-0.39, 0.29) is 12.4 Å². The Kier molecular flexibility index (Phi) is 7.87. The molecular formula is C27H31FN2O4. The molecule has 1 heterocycles. The highest BCUT2D eigenvalue weighted by Gasteiger charge is 2.22. The van der Waals surface area contributed by atoms with E-state index in [9.17, 15) is 9.50 Å². The van der Waals surface area contributed by atoms with E-state index in [4.69, 9.17) is 19.9 Å². The molecule has 1 atom stereocenters. The molecular weight excluding hydrogens is 435 g/mol. The third-order valence-electron chi connectivity index (χ3n) is 6.08. The van der Waals surface area contributed by atoms with Gasteiger partial charge in [-0.15, -0.1) is 0 Å². The molecule has 180 valence electrons. The number of β-amino-alcohol motifs (C(OH)–C–C–N with tert-alkyl or cyclic N) is 1. The number of hydrogen-bond acceptors (Lipinski definition) is 6. The summed E-state index contributed by atoms with van der Waals surface area (Å²) >= 11 is 0. The minimum absolute atomic E-state index is 0.176. The second-order valence-electron chi connectivity index (χ2n) is 8.58. The zero-order valence-corrected chi connectivity index (χ0v) is 19.3. The average molecular weight is 467 g/mol. The Hall–Kier alpha value is -3.29. The van der Waals surface area contributed by atoms with Gasteiger partial charge in [0.1, 0.15) is 30.0 Å². The number of aliphatic hydroxyl groups is 1. The summed E-state index contributed by atoms with van der Waals surface area (Å²) in [4.78, 5) is 2.27. The number of anilines is 1. The molecule has 34 heavy (non-hydrogen) atoms. The van der Waals surface area contributed by atoms with Crippen molar-refractivity contribution in [3.8, 4) is 23.0 Å². The molecule has 1 aliphatic heterocycles. The van der Waals surface area contributed by atoms with Crippen LogP contribution in [0.3, 0.4) is 0 Å². The van der Waals surface area contributed by atoms with Crippen LogP contribution in [-0.4, -0.2) is 49.5 Å². The molecule has 1 saturated heterocycles. The quantitative estimate of drug-likeness (QED) is 0.440. The van der Waals surface area contributed by atoms with Gasteiger partial charge in [0.05, 0.1) is 7.11 Å². The standard InChI is InChI=1S/C27H31FN2O4/c1-32-26-11-6-22(29)16-27(26)33-18-23(31)17-30-14-12-20(13-15-30)19-2-7-24(8-3-19)34-25-9-4-21(28)5-10-25/h2-11,16,20,23,31H,12-15,17-18,29H2,1H3/t23-/m0/s1. The normalized spacial score (nSPS) is 15.6. The molecule has 3 aromatic carbocycles. The third-order valence-corrected chi connectivity index (χ3v) is 6.08. The average Bonchev–Trinajstić information content (AvgIpc) is 2.85. The first-order valence-corrected chi connectivity index (χ1v) is 11.5. The number of nitrogens with two attached hydrogens (primary N) is 1. The van der Waals surface area contributed by atoms with Crippen molar-refractivity contribution in [2.75, 3.05) is 39.1 Å². The van der Waals surface area contributed by atoms with Gasteiger partial charge in [-0.3, -0.25) is 0 Å². The predicted octanol–water partition coefficient (Wildman–Crippen LogP) is 4.83. The van der Waals surface area contributed by atoms with E-state index in [0.29, 0.717) is 35.4 Å². The Morgan fingerprint density at radius 1 is 0.971 bits per heavy atom. The number of benzene rings is 3. The van der Waals surface area contributed by atoms with Crippen LogP contribution in [0.2, 0.25) is 0 Å². The van der Waals surface area contributed by atoms with Gasteiger partial charge in [-0.25, -0.2) is 4.39 Å². The minimum atomic E-state index is -0.606. The van der Waals surface area contributed by atoms with E-state index < -0.39 is 6.10 Å². The lowest BCUT2D eigenvalue weighted by atomic mass is 9.89. The van der Waals surface area contributed by atoms with Gasteiger partial charge in [0.2, 0.25) is 0 Å². The van der Waals surface area contributed by atoms with Gasteiger partial charge in [-0.05, 0) is 85.9 Å². The number of halogens is 1. The van der Waals surface area contributed by atoms with Gasteiger partial charge < -0.3 is 30.0 Å². The van der Waals surface area contributed by atoms with Crippen LogP contribution in [-0.2, 0) is 0 Å². The summed E-state index contributed by atoms with van der Waals surface area (Å²) < 4.78 is 29.9. The predicted molar refractivity (Wildman–Crippen MR) is 130 cm³/mol. The molecule has 6 nitrogen and oxygen atoms in total. The van der Waals surface area contributed by atoms with Crippen molar-refractivity contribution < 1.29 is 23.7 Å². The summed E-state index contributed by atoms with van der Waals surface area (Å²) in [7, 11) is 1.57. The molecule has 3 N–H and O–H groups in total. The Morgan fingerprint density at radius 2 is 1.62 bits per heavy atom. The highest BCUT2D eigenvalue weighted by atomic mass is 19.1. The molecule has 0 unspecified atom stereocenters. The van der Waals surface area contributed by atoms with Crippen molar-refractivity contribution in [2.45, 2.75) is 24.9 Å². The van der Waals surface area contributed by atoms with Gasteiger partial charge in [0, 0.05) is 18.3 Å². The summed E-state index contributed by atoms with van der Waals surface area (Å²) in [6.45, 7) is 2.56. The molecule has 0 amide bonds. The number of likely N-dealkylation sites (tertiary alicyclic amines) is 1. The first-order valence-electron chi connectivity index (χ1n) is 11.5.